The van der Waals surface area contributed by atoms with Crippen molar-refractivity contribution in [3.63, 3.8) is 0 Å². The SMILES string of the molecule is CCn1cc(CN(C)C(=O)C2CC(=O)N(c3nc4ccc(C)cc4s3)C2)cn1. The quantitative estimate of drug-likeness (QED) is 0.664. The van der Waals surface area contributed by atoms with E-state index in [1.165, 1.54) is 11.3 Å². The molecule has 3 aromatic rings. The van der Waals surface area contributed by atoms with Crippen molar-refractivity contribution in [1.29, 1.82) is 0 Å². The van der Waals surface area contributed by atoms with Crippen LogP contribution in [-0.4, -0.2) is 45.1 Å². The number of aromatic nitrogens is 3. The van der Waals surface area contributed by atoms with Crippen LogP contribution in [0.25, 0.3) is 10.2 Å². The van der Waals surface area contributed by atoms with Gasteiger partial charge in [0.25, 0.3) is 0 Å². The van der Waals surface area contributed by atoms with Crippen LogP contribution in [0, 0.1) is 12.8 Å². The monoisotopic (exact) mass is 397 g/mol. The zero-order valence-corrected chi connectivity index (χ0v) is 17.1. The molecule has 3 heterocycles. The summed E-state index contributed by atoms with van der Waals surface area (Å²) in [6.07, 6.45) is 3.95. The van der Waals surface area contributed by atoms with E-state index in [0.717, 1.165) is 27.9 Å². The Morgan fingerprint density at radius 3 is 2.96 bits per heavy atom. The molecule has 0 N–H and O–H groups in total. The molecule has 4 rings (SSSR count). The summed E-state index contributed by atoms with van der Waals surface area (Å²) >= 11 is 1.50. The average molecular weight is 398 g/mol. The molecule has 1 aliphatic heterocycles. The number of aryl methyl sites for hydroxylation is 2. The topological polar surface area (TPSA) is 71.3 Å². The van der Waals surface area contributed by atoms with E-state index < -0.39 is 0 Å². The molecule has 0 bridgehead atoms. The highest BCUT2D eigenvalue weighted by molar-refractivity contribution is 7.22. The lowest BCUT2D eigenvalue weighted by molar-refractivity contribution is -0.135. The molecular formula is C20H23N5O2S. The second kappa shape index (κ2) is 7.35. The summed E-state index contributed by atoms with van der Waals surface area (Å²) in [6, 6.07) is 6.06. The summed E-state index contributed by atoms with van der Waals surface area (Å²) in [7, 11) is 1.78. The Morgan fingerprint density at radius 2 is 2.21 bits per heavy atom. The number of anilines is 1. The van der Waals surface area contributed by atoms with E-state index in [2.05, 4.69) is 16.1 Å². The number of carbonyl (C=O) groups excluding carboxylic acids is 2. The summed E-state index contributed by atoms with van der Waals surface area (Å²) in [6.45, 7) is 5.73. The van der Waals surface area contributed by atoms with Crippen LogP contribution in [-0.2, 0) is 22.7 Å². The first-order valence-electron chi connectivity index (χ1n) is 9.38. The van der Waals surface area contributed by atoms with Gasteiger partial charge in [-0.25, -0.2) is 4.98 Å². The van der Waals surface area contributed by atoms with Crippen molar-refractivity contribution >= 4 is 38.5 Å². The van der Waals surface area contributed by atoms with Crippen LogP contribution in [0.15, 0.2) is 30.6 Å². The first-order valence-corrected chi connectivity index (χ1v) is 10.2. The molecule has 2 amide bonds. The van der Waals surface area contributed by atoms with E-state index in [1.807, 2.05) is 36.9 Å². The number of benzene rings is 1. The van der Waals surface area contributed by atoms with Crippen LogP contribution in [0.1, 0.15) is 24.5 Å². The number of hydrogen-bond acceptors (Lipinski definition) is 5. The second-order valence-corrected chi connectivity index (χ2v) is 8.28. The molecule has 8 heteroatoms. The summed E-state index contributed by atoms with van der Waals surface area (Å²) in [5.74, 6) is -0.397. The number of rotatable bonds is 5. The van der Waals surface area contributed by atoms with Crippen molar-refractivity contribution in [2.45, 2.75) is 33.4 Å². The minimum absolute atomic E-state index is 0.0166. The van der Waals surface area contributed by atoms with E-state index in [4.69, 9.17) is 0 Å². The van der Waals surface area contributed by atoms with Gasteiger partial charge in [-0.3, -0.25) is 19.2 Å². The van der Waals surface area contributed by atoms with Gasteiger partial charge in [-0.2, -0.15) is 5.10 Å². The molecule has 0 aliphatic carbocycles. The van der Waals surface area contributed by atoms with Gasteiger partial charge in [-0.15, -0.1) is 0 Å². The van der Waals surface area contributed by atoms with Crippen LogP contribution in [0.4, 0.5) is 5.13 Å². The van der Waals surface area contributed by atoms with Crippen LogP contribution in [0.3, 0.4) is 0 Å². The van der Waals surface area contributed by atoms with E-state index in [9.17, 15) is 9.59 Å². The fourth-order valence-electron chi connectivity index (χ4n) is 3.52. The van der Waals surface area contributed by atoms with Gasteiger partial charge in [-0.05, 0) is 31.5 Å². The third-order valence-electron chi connectivity index (χ3n) is 5.04. The standard InChI is InChI=1S/C20H23N5O2S/c1-4-24-11-14(9-21-24)10-23(3)19(27)15-8-18(26)25(12-15)20-22-16-6-5-13(2)7-17(16)28-20/h5-7,9,11,15H,4,8,10,12H2,1-3H3. The highest BCUT2D eigenvalue weighted by Crippen LogP contribution is 2.33. The smallest absolute Gasteiger partial charge is 0.229 e. The lowest BCUT2D eigenvalue weighted by Crippen LogP contribution is -2.34. The molecule has 2 aromatic heterocycles. The first-order chi connectivity index (χ1) is 13.4. The fourth-order valence-corrected chi connectivity index (χ4v) is 4.61. The Hall–Kier alpha value is -2.74. The number of thiazole rings is 1. The number of fused-ring (bicyclic) bond motifs is 1. The molecule has 0 spiro atoms. The van der Waals surface area contributed by atoms with Crippen molar-refractivity contribution in [1.82, 2.24) is 19.7 Å². The molecule has 0 radical (unpaired) electrons. The lowest BCUT2D eigenvalue weighted by Gasteiger charge is -2.20. The second-order valence-electron chi connectivity index (χ2n) is 7.27. The summed E-state index contributed by atoms with van der Waals surface area (Å²) < 4.78 is 2.89. The van der Waals surface area contributed by atoms with E-state index in [0.29, 0.717) is 18.2 Å². The summed E-state index contributed by atoms with van der Waals surface area (Å²) in [5.41, 5.74) is 3.04. The highest BCUT2D eigenvalue weighted by Gasteiger charge is 2.37. The largest absolute Gasteiger partial charge is 0.341 e. The molecule has 7 nitrogen and oxygen atoms in total. The van der Waals surface area contributed by atoms with E-state index >= 15 is 0 Å². The molecule has 1 atom stereocenters. The van der Waals surface area contributed by atoms with Gasteiger partial charge in [0.1, 0.15) is 0 Å². The molecule has 28 heavy (non-hydrogen) atoms. The predicted octanol–water partition coefficient (Wildman–Crippen LogP) is 2.83. The zero-order valence-electron chi connectivity index (χ0n) is 16.3. The zero-order chi connectivity index (χ0) is 19.8. The van der Waals surface area contributed by atoms with Gasteiger partial charge in [0.15, 0.2) is 5.13 Å². The minimum atomic E-state index is -0.340. The Morgan fingerprint density at radius 1 is 1.39 bits per heavy atom. The Balaban J connectivity index is 1.46. The first kappa shape index (κ1) is 18.6. The maximum atomic E-state index is 12.9. The molecular weight excluding hydrogens is 374 g/mol. The van der Waals surface area contributed by atoms with Crippen molar-refractivity contribution in [3.8, 4) is 0 Å². The fraction of sp³-hybridized carbons (Fsp3) is 0.400. The van der Waals surface area contributed by atoms with Crippen LogP contribution < -0.4 is 4.90 Å². The van der Waals surface area contributed by atoms with Gasteiger partial charge in [0.05, 0.1) is 22.3 Å². The Labute approximate surface area is 167 Å². The number of nitrogens with zero attached hydrogens (tertiary/aromatic N) is 5. The van der Waals surface area contributed by atoms with Gasteiger partial charge in [-0.1, -0.05) is 17.4 Å². The summed E-state index contributed by atoms with van der Waals surface area (Å²) in [5, 5.41) is 4.92. The molecule has 1 unspecified atom stereocenters. The molecule has 146 valence electrons. The van der Waals surface area contributed by atoms with Gasteiger partial charge in [0.2, 0.25) is 11.8 Å². The number of amides is 2. The van der Waals surface area contributed by atoms with Crippen molar-refractivity contribution in [2.24, 2.45) is 5.92 Å². The molecule has 1 aliphatic rings. The Bertz CT molecular complexity index is 1040. The Kier molecular flexibility index (Phi) is 4.89. The van der Waals surface area contributed by atoms with E-state index in [-0.39, 0.29) is 24.2 Å². The van der Waals surface area contributed by atoms with E-state index in [1.54, 1.807) is 23.0 Å². The van der Waals surface area contributed by atoms with Crippen LogP contribution in [0.2, 0.25) is 0 Å². The van der Waals surface area contributed by atoms with Gasteiger partial charge < -0.3 is 4.90 Å². The normalized spacial score (nSPS) is 16.9. The van der Waals surface area contributed by atoms with Crippen LogP contribution in [0.5, 0.6) is 0 Å². The maximum Gasteiger partial charge on any atom is 0.229 e. The van der Waals surface area contributed by atoms with Gasteiger partial charge in [0, 0.05) is 44.9 Å². The van der Waals surface area contributed by atoms with Crippen molar-refractivity contribution < 1.29 is 9.59 Å². The molecule has 1 saturated heterocycles. The number of hydrogen-bond donors (Lipinski definition) is 0. The van der Waals surface area contributed by atoms with Crippen molar-refractivity contribution in [3.05, 3.63) is 41.7 Å². The minimum Gasteiger partial charge on any atom is -0.341 e. The van der Waals surface area contributed by atoms with Crippen molar-refractivity contribution in [2.75, 3.05) is 18.5 Å². The average Bonchev–Trinajstić information content (AvgIpc) is 3.38. The summed E-state index contributed by atoms with van der Waals surface area (Å²) in [4.78, 5) is 33.4. The maximum absolute atomic E-state index is 12.9. The number of carbonyl (C=O) groups is 2. The third kappa shape index (κ3) is 3.52. The predicted molar refractivity (Wildman–Crippen MR) is 109 cm³/mol. The lowest BCUT2D eigenvalue weighted by atomic mass is 10.1. The molecule has 1 fully saturated rings. The highest BCUT2D eigenvalue weighted by atomic mass is 32.1. The molecule has 1 aromatic carbocycles. The third-order valence-corrected chi connectivity index (χ3v) is 6.09. The van der Waals surface area contributed by atoms with Gasteiger partial charge >= 0.3 is 0 Å². The molecule has 0 saturated carbocycles. The van der Waals surface area contributed by atoms with Crippen LogP contribution >= 0.6 is 11.3 Å².